The van der Waals surface area contributed by atoms with E-state index < -0.39 is 10.9 Å². The van der Waals surface area contributed by atoms with Gasteiger partial charge in [-0.15, -0.1) is 0 Å². The van der Waals surface area contributed by atoms with E-state index >= 15 is 0 Å². The van der Waals surface area contributed by atoms with Gasteiger partial charge in [-0.2, -0.15) is 0 Å². The summed E-state index contributed by atoms with van der Waals surface area (Å²) >= 11 is 0. The van der Waals surface area contributed by atoms with Crippen LogP contribution in [0, 0.1) is 10.1 Å². The van der Waals surface area contributed by atoms with Gasteiger partial charge in [0.15, 0.2) is 0 Å². The van der Waals surface area contributed by atoms with Crippen molar-refractivity contribution in [2.75, 3.05) is 7.11 Å². The highest BCUT2D eigenvalue weighted by atomic mass is 16.6. The Morgan fingerprint density at radius 1 is 1.24 bits per heavy atom. The number of esters is 1. The molecule has 21 heavy (non-hydrogen) atoms. The molecule has 0 amide bonds. The van der Waals surface area contributed by atoms with E-state index in [1.807, 2.05) is 0 Å². The van der Waals surface area contributed by atoms with Crippen LogP contribution in [0.4, 0.5) is 5.69 Å². The molecule has 7 heteroatoms. The van der Waals surface area contributed by atoms with Crippen LogP contribution >= 0.6 is 0 Å². The lowest BCUT2D eigenvalue weighted by Gasteiger charge is -2.06. The summed E-state index contributed by atoms with van der Waals surface area (Å²) in [5.74, 6) is -0.450. The van der Waals surface area contributed by atoms with Crippen molar-refractivity contribution >= 4 is 11.7 Å². The Bertz CT molecular complexity index is 734. The number of hydrogen-bond donors (Lipinski definition) is 0. The summed E-state index contributed by atoms with van der Waals surface area (Å²) in [6.45, 7) is 0.183. The van der Waals surface area contributed by atoms with E-state index in [4.69, 9.17) is 0 Å². The normalized spacial score (nSPS) is 10.1. The van der Waals surface area contributed by atoms with Crippen molar-refractivity contribution in [1.29, 1.82) is 0 Å². The zero-order valence-corrected chi connectivity index (χ0v) is 11.2. The van der Waals surface area contributed by atoms with Crippen LogP contribution in [0.15, 0.2) is 47.4 Å². The average molecular weight is 288 g/mol. The molecule has 0 aliphatic rings. The second kappa shape index (κ2) is 6.00. The molecule has 0 N–H and O–H groups in total. The summed E-state index contributed by atoms with van der Waals surface area (Å²) < 4.78 is 5.83. The fourth-order valence-electron chi connectivity index (χ4n) is 1.81. The third kappa shape index (κ3) is 3.33. The Kier molecular flexibility index (Phi) is 4.13. The van der Waals surface area contributed by atoms with Crippen LogP contribution < -0.4 is 5.56 Å². The van der Waals surface area contributed by atoms with E-state index in [0.717, 1.165) is 11.6 Å². The minimum Gasteiger partial charge on any atom is -0.465 e. The quantitative estimate of drug-likeness (QED) is 0.484. The molecule has 0 radical (unpaired) electrons. The molecule has 2 rings (SSSR count). The molecule has 0 aliphatic carbocycles. The zero-order valence-electron chi connectivity index (χ0n) is 11.2. The number of nitro groups is 1. The molecule has 0 spiro atoms. The number of methoxy groups -OCH3 is 1. The Balaban J connectivity index is 2.26. The molecule has 0 saturated heterocycles. The fraction of sp³-hybridized carbons (Fsp3) is 0.143. The van der Waals surface area contributed by atoms with Crippen molar-refractivity contribution in [3.8, 4) is 0 Å². The monoisotopic (exact) mass is 288 g/mol. The maximum Gasteiger partial charge on any atom is 0.337 e. The van der Waals surface area contributed by atoms with Gasteiger partial charge in [-0.1, -0.05) is 12.1 Å². The molecule has 0 aliphatic heterocycles. The van der Waals surface area contributed by atoms with Crippen molar-refractivity contribution < 1.29 is 14.5 Å². The molecule has 0 saturated carbocycles. The first kappa shape index (κ1) is 14.4. The second-order valence-corrected chi connectivity index (χ2v) is 4.30. The molecular formula is C14H12N2O5. The Morgan fingerprint density at radius 3 is 2.48 bits per heavy atom. The van der Waals surface area contributed by atoms with Gasteiger partial charge < -0.3 is 9.30 Å². The maximum atomic E-state index is 11.7. The average Bonchev–Trinajstić information content (AvgIpc) is 2.49. The number of ether oxygens (including phenoxy) is 1. The maximum absolute atomic E-state index is 11.7. The summed E-state index contributed by atoms with van der Waals surface area (Å²) in [5.41, 5.74) is 0.649. The van der Waals surface area contributed by atoms with Crippen molar-refractivity contribution in [2.24, 2.45) is 0 Å². The van der Waals surface area contributed by atoms with Gasteiger partial charge in [-0.25, -0.2) is 4.79 Å². The zero-order chi connectivity index (χ0) is 15.4. The van der Waals surface area contributed by atoms with Gasteiger partial charge in [0.25, 0.3) is 11.2 Å². The highest BCUT2D eigenvalue weighted by Crippen LogP contribution is 2.10. The number of hydrogen-bond acceptors (Lipinski definition) is 5. The number of pyridine rings is 1. The van der Waals surface area contributed by atoms with Crippen LogP contribution in [0.2, 0.25) is 0 Å². The third-order valence-corrected chi connectivity index (χ3v) is 2.91. The molecule has 0 bridgehead atoms. The predicted molar refractivity (Wildman–Crippen MR) is 74.2 cm³/mol. The Hall–Kier alpha value is -2.96. The summed E-state index contributed by atoms with van der Waals surface area (Å²) in [6, 6.07) is 8.79. The van der Waals surface area contributed by atoms with Crippen molar-refractivity contribution in [2.45, 2.75) is 6.54 Å². The Labute approximate surface area is 119 Å². The first-order valence-electron chi connectivity index (χ1n) is 6.03. The van der Waals surface area contributed by atoms with E-state index in [0.29, 0.717) is 5.56 Å². The lowest BCUT2D eigenvalue weighted by atomic mass is 10.1. The van der Waals surface area contributed by atoms with Gasteiger partial charge in [-0.05, 0) is 17.7 Å². The van der Waals surface area contributed by atoms with Crippen molar-refractivity contribution in [3.05, 3.63) is 74.2 Å². The molecule has 0 atom stereocenters. The molecule has 0 fully saturated rings. The van der Waals surface area contributed by atoms with Crippen LogP contribution in [-0.2, 0) is 11.3 Å². The predicted octanol–water partition coefficient (Wildman–Crippen LogP) is 1.59. The summed E-state index contributed by atoms with van der Waals surface area (Å²) in [7, 11) is 1.29. The molecule has 0 unspecified atom stereocenters. The van der Waals surface area contributed by atoms with Gasteiger partial charge in [0, 0.05) is 12.1 Å². The van der Waals surface area contributed by atoms with E-state index in [1.54, 1.807) is 24.3 Å². The topological polar surface area (TPSA) is 91.4 Å². The van der Waals surface area contributed by atoms with E-state index in [1.165, 1.54) is 23.9 Å². The molecule has 108 valence electrons. The number of carbonyl (C=O) groups excluding carboxylic acids is 1. The SMILES string of the molecule is COC(=O)c1ccc(Cn2cc([N+](=O)[O-])ccc2=O)cc1. The standard InChI is InChI=1S/C14H12N2O5/c1-21-14(18)11-4-2-10(3-5-11)8-15-9-12(16(19)20)6-7-13(15)17/h2-7,9H,8H2,1H3. The van der Waals surface area contributed by atoms with Crippen LogP contribution in [0.1, 0.15) is 15.9 Å². The van der Waals surface area contributed by atoms with Gasteiger partial charge in [-0.3, -0.25) is 14.9 Å². The lowest BCUT2D eigenvalue weighted by molar-refractivity contribution is -0.385. The van der Waals surface area contributed by atoms with Crippen LogP contribution in [0.5, 0.6) is 0 Å². The minimum absolute atomic E-state index is 0.152. The molecule has 7 nitrogen and oxygen atoms in total. The largest absolute Gasteiger partial charge is 0.465 e. The molecular weight excluding hydrogens is 276 g/mol. The van der Waals surface area contributed by atoms with E-state index in [-0.39, 0.29) is 17.8 Å². The minimum atomic E-state index is -0.559. The fourth-order valence-corrected chi connectivity index (χ4v) is 1.81. The Morgan fingerprint density at radius 2 is 1.90 bits per heavy atom. The summed E-state index contributed by atoms with van der Waals surface area (Å²) in [4.78, 5) is 33.1. The molecule has 2 aromatic rings. The van der Waals surface area contributed by atoms with Crippen molar-refractivity contribution in [3.63, 3.8) is 0 Å². The summed E-state index contributed by atoms with van der Waals surface area (Å²) in [5, 5.41) is 10.7. The van der Waals surface area contributed by atoms with Gasteiger partial charge >= 0.3 is 5.97 Å². The number of nitrogens with zero attached hydrogens (tertiary/aromatic N) is 2. The molecule has 1 aromatic carbocycles. The molecule has 1 heterocycles. The van der Waals surface area contributed by atoms with Crippen LogP contribution in [-0.4, -0.2) is 22.6 Å². The number of carbonyl (C=O) groups is 1. The van der Waals surface area contributed by atoms with Crippen LogP contribution in [0.25, 0.3) is 0 Å². The first-order valence-corrected chi connectivity index (χ1v) is 6.03. The van der Waals surface area contributed by atoms with Crippen LogP contribution in [0.3, 0.4) is 0 Å². The summed E-state index contributed by atoms with van der Waals surface area (Å²) in [6.07, 6.45) is 1.19. The second-order valence-electron chi connectivity index (χ2n) is 4.30. The van der Waals surface area contributed by atoms with Gasteiger partial charge in [0.1, 0.15) is 0 Å². The van der Waals surface area contributed by atoms with E-state index in [2.05, 4.69) is 4.74 Å². The first-order chi connectivity index (χ1) is 10.0. The number of aromatic nitrogens is 1. The smallest absolute Gasteiger partial charge is 0.337 e. The lowest BCUT2D eigenvalue weighted by Crippen LogP contribution is -2.19. The number of benzene rings is 1. The van der Waals surface area contributed by atoms with Gasteiger partial charge in [0.05, 0.1) is 30.3 Å². The number of rotatable bonds is 4. The molecule has 1 aromatic heterocycles. The third-order valence-electron chi connectivity index (χ3n) is 2.91. The van der Waals surface area contributed by atoms with E-state index in [9.17, 15) is 19.7 Å². The highest BCUT2D eigenvalue weighted by Gasteiger charge is 2.09. The van der Waals surface area contributed by atoms with Gasteiger partial charge in [0.2, 0.25) is 0 Å². The van der Waals surface area contributed by atoms with Crippen molar-refractivity contribution in [1.82, 2.24) is 4.57 Å². The highest BCUT2D eigenvalue weighted by molar-refractivity contribution is 5.89.